The molecule has 0 atom stereocenters. The van der Waals surface area contributed by atoms with Crippen molar-refractivity contribution >= 4 is 15.8 Å². The Morgan fingerprint density at radius 3 is 2.05 bits per heavy atom. The van der Waals surface area contributed by atoms with E-state index in [0.29, 0.717) is 12.0 Å². The Hall–Kier alpha value is -2.09. The predicted molar refractivity (Wildman–Crippen MR) is 86.7 cm³/mol. The molecule has 0 radical (unpaired) electrons. The molecule has 5 N–H and O–H groups in total. The second-order valence-electron chi connectivity index (χ2n) is 4.21. The van der Waals surface area contributed by atoms with Gasteiger partial charge in [0.2, 0.25) is 0 Å². The summed E-state index contributed by atoms with van der Waals surface area (Å²) in [5.41, 5.74) is 6.82. The minimum Gasteiger partial charge on any atom is -0.497 e. The van der Waals surface area contributed by atoms with Crippen LogP contribution in [0.3, 0.4) is 0 Å². The van der Waals surface area contributed by atoms with Gasteiger partial charge in [0.25, 0.3) is 10.1 Å². The molecule has 0 bridgehead atoms. The van der Waals surface area contributed by atoms with Crippen LogP contribution in [0.2, 0.25) is 0 Å². The maximum absolute atomic E-state index is 10.8. The lowest BCUT2D eigenvalue weighted by atomic mass is 10.2. The van der Waals surface area contributed by atoms with Crippen LogP contribution >= 0.6 is 0 Å². The van der Waals surface area contributed by atoms with Crippen LogP contribution in [0.25, 0.3) is 0 Å². The van der Waals surface area contributed by atoms with Gasteiger partial charge in [0.1, 0.15) is 5.75 Å². The number of benzene rings is 2. The van der Waals surface area contributed by atoms with Crippen LogP contribution < -0.4 is 10.5 Å². The Morgan fingerprint density at radius 2 is 1.64 bits per heavy atom. The zero-order chi connectivity index (χ0) is 15.9. The maximum Gasteiger partial charge on any atom is 0.294 e. The third-order valence-corrected chi connectivity index (χ3v) is 3.70. The van der Waals surface area contributed by atoms with Gasteiger partial charge in [-0.2, -0.15) is 8.42 Å². The van der Waals surface area contributed by atoms with Crippen LogP contribution in [0.1, 0.15) is 12.5 Å². The van der Waals surface area contributed by atoms with E-state index in [1.807, 2.05) is 19.1 Å². The summed E-state index contributed by atoms with van der Waals surface area (Å²) >= 11 is 0. The molecule has 7 heteroatoms. The van der Waals surface area contributed by atoms with Crippen LogP contribution in [0, 0.1) is 0 Å². The van der Waals surface area contributed by atoms with Gasteiger partial charge >= 0.3 is 0 Å². The van der Waals surface area contributed by atoms with Crippen molar-refractivity contribution in [3.8, 4) is 5.75 Å². The number of hydrogen-bond donors (Lipinski definition) is 2. The van der Waals surface area contributed by atoms with Gasteiger partial charge in [-0.05, 0) is 42.3 Å². The first kappa shape index (κ1) is 19.9. The smallest absolute Gasteiger partial charge is 0.294 e. The van der Waals surface area contributed by atoms with Crippen LogP contribution in [0.15, 0.2) is 53.4 Å². The summed E-state index contributed by atoms with van der Waals surface area (Å²) in [7, 11) is -2.42. The summed E-state index contributed by atoms with van der Waals surface area (Å²) in [6, 6.07) is 13.7. The zero-order valence-electron chi connectivity index (χ0n) is 12.5. The Balaban J connectivity index is 0.000000397. The molecule has 122 valence electrons. The molecule has 22 heavy (non-hydrogen) atoms. The van der Waals surface area contributed by atoms with Crippen molar-refractivity contribution < 1.29 is 23.2 Å². The van der Waals surface area contributed by atoms with Gasteiger partial charge in [0.15, 0.2) is 0 Å². The van der Waals surface area contributed by atoms with E-state index in [-0.39, 0.29) is 10.4 Å². The fraction of sp³-hybridized carbons (Fsp3) is 0.200. The molecule has 0 aliphatic heterocycles. The summed E-state index contributed by atoms with van der Waals surface area (Å²) < 4.78 is 35.2. The van der Waals surface area contributed by atoms with Crippen LogP contribution in [-0.4, -0.2) is 25.6 Å². The molecule has 0 aliphatic carbocycles. The van der Waals surface area contributed by atoms with Crippen LogP contribution in [0.4, 0.5) is 5.69 Å². The first-order valence-electron chi connectivity index (χ1n) is 6.33. The Kier molecular flexibility index (Phi) is 8.18. The highest BCUT2D eigenvalue weighted by Crippen LogP contribution is 2.14. The third-order valence-electron chi connectivity index (χ3n) is 2.75. The summed E-state index contributed by atoms with van der Waals surface area (Å²) in [6.07, 6.45) is 0.593. The van der Waals surface area contributed by atoms with Crippen LogP contribution in [-0.2, 0) is 16.5 Å². The number of nitrogen functional groups attached to an aromatic ring is 1. The topological polar surface area (TPSA) is 121 Å². The molecule has 0 amide bonds. The second kappa shape index (κ2) is 9.04. The Labute approximate surface area is 130 Å². The lowest BCUT2D eigenvalue weighted by Gasteiger charge is -2.02. The monoisotopic (exact) mass is 327 g/mol. The van der Waals surface area contributed by atoms with Gasteiger partial charge in [-0.15, -0.1) is 0 Å². The molecule has 0 aliphatic rings. The molecule has 2 aromatic carbocycles. The molecule has 0 saturated heterocycles. The number of methoxy groups -OCH3 is 1. The quantitative estimate of drug-likeness (QED) is 0.659. The lowest BCUT2D eigenvalue weighted by Crippen LogP contribution is -2.01. The Morgan fingerprint density at radius 1 is 1.09 bits per heavy atom. The van der Waals surface area contributed by atoms with Crippen molar-refractivity contribution in [2.24, 2.45) is 0 Å². The molecular weight excluding hydrogens is 306 g/mol. The van der Waals surface area contributed by atoms with E-state index in [1.54, 1.807) is 37.4 Å². The number of ether oxygens (including phenoxy) is 1. The van der Waals surface area contributed by atoms with E-state index in [0.717, 1.165) is 11.4 Å². The molecule has 2 rings (SSSR count). The molecule has 0 saturated carbocycles. The standard InChI is InChI=1S/C8H10O3S.C7H9NO.H2O/c1-2-7-5-3-4-6-8(7)12(9,10)11;1-9-7-4-2-6(8)3-5-7;/h3-6H,2H2,1H3,(H,9,10,11);2-5H,8H2,1H3;1H2. The highest BCUT2D eigenvalue weighted by molar-refractivity contribution is 7.85. The average molecular weight is 327 g/mol. The van der Waals surface area contributed by atoms with Gasteiger partial charge < -0.3 is 15.9 Å². The normalized spacial score (nSPS) is 9.95. The van der Waals surface area contributed by atoms with Gasteiger partial charge in [-0.3, -0.25) is 4.55 Å². The molecule has 0 spiro atoms. The van der Waals surface area contributed by atoms with Gasteiger partial charge in [0.05, 0.1) is 12.0 Å². The van der Waals surface area contributed by atoms with Gasteiger partial charge in [-0.1, -0.05) is 25.1 Å². The molecule has 2 aromatic rings. The number of nitrogens with two attached hydrogens (primary N) is 1. The number of hydrogen-bond acceptors (Lipinski definition) is 4. The summed E-state index contributed by atoms with van der Waals surface area (Å²) in [5.74, 6) is 0.837. The molecule has 6 nitrogen and oxygen atoms in total. The first-order chi connectivity index (χ1) is 9.88. The SMILES string of the molecule is CCc1ccccc1S(=O)(=O)O.COc1ccc(N)cc1.O. The molecule has 0 unspecified atom stereocenters. The van der Waals surface area contributed by atoms with Crippen molar-refractivity contribution in [3.05, 3.63) is 54.1 Å². The van der Waals surface area contributed by atoms with Crippen molar-refractivity contribution in [2.45, 2.75) is 18.2 Å². The van der Waals surface area contributed by atoms with E-state index in [9.17, 15) is 8.42 Å². The zero-order valence-corrected chi connectivity index (χ0v) is 13.3. The molecule has 0 fully saturated rings. The lowest BCUT2D eigenvalue weighted by molar-refractivity contribution is 0.415. The predicted octanol–water partition coefficient (Wildman–Crippen LogP) is 1.95. The highest BCUT2D eigenvalue weighted by Gasteiger charge is 2.12. The van der Waals surface area contributed by atoms with Crippen molar-refractivity contribution in [1.82, 2.24) is 0 Å². The number of anilines is 1. The van der Waals surface area contributed by atoms with Gasteiger partial charge in [-0.25, -0.2) is 0 Å². The largest absolute Gasteiger partial charge is 0.497 e. The maximum atomic E-state index is 10.8. The fourth-order valence-corrected chi connectivity index (χ4v) is 2.45. The second-order valence-corrected chi connectivity index (χ2v) is 5.60. The van der Waals surface area contributed by atoms with Crippen LogP contribution in [0.5, 0.6) is 5.75 Å². The van der Waals surface area contributed by atoms with E-state index in [4.69, 9.17) is 15.0 Å². The average Bonchev–Trinajstić information content (AvgIpc) is 2.48. The minimum absolute atomic E-state index is 0. The van der Waals surface area contributed by atoms with E-state index in [2.05, 4.69) is 0 Å². The molecule has 0 aromatic heterocycles. The first-order valence-corrected chi connectivity index (χ1v) is 7.77. The highest BCUT2D eigenvalue weighted by atomic mass is 32.2. The van der Waals surface area contributed by atoms with E-state index < -0.39 is 10.1 Å². The Bertz CT molecular complexity index is 669. The molecule has 0 heterocycles. The summed E-state index contributed by atoms with van der Waals surface area (Å²) in [6.45, 7) is 1.84. The number of rotatable bonds is 3. The van der Waals surface area contributed by atoms with Gasteiger partial charge in [0, 0.05) is 5.69 Å². The summed E-state index contributed by atoms with van der Waals surface area (Å²) in [4.78, 5) is 0.00694. The summed E-state index contributed by atoms with van der Waals surface area (Å²) in [5, 5.41) is 0. The van der Waals surface area contributed by atoms with Crippen molar-refractivity contribution in [3.63, 3.8) is 0 Å². The number of aryl methyl sites for hydroxylation is 1. The van der Waals surface area contributed by atoms with Crippen molar-refractivity contribution in [1.29, 1.82) is 0 Å². The van der Waals surface area contributed by atoms with Crippen molar-refractivity contribution in [2.75, 3.05) is 12.8 Å². The fourth-order valence-electron chi connectivity index (χ4n) is 1.65. The van der Waals surface area contributed by atoms with E-state index >= 15 is 0 Å². The molecular formula is C15H21NO5S. The third kappa shape index (κ3) is 6.13. The minimum atomic E-state index is -4.05. The van der Waals surface area contributed by atoms with E-state index in [1.165, 1.54) is 6.07 Å².